The number of aromatic amines is 1. The first-order valence-electron chi connectivity index (χ1n) is 9.36. The second kappa shape index (κ2) is 7.06. The molecular formula is C22H20F3N3O. The van der Waals surface area contributed by atoms with Crippen LogP contribution < -0.4 is 5.43 Å². The molecule has 1 aliphatic carbocycles. The Morgan fingerprint density at radius 1 is 1.10 bits per heavy atom. The van der Waals surface area contributed by atoms with Gasteiger partial charge < -0.3 is 4.98 Å². The molecule has 0 unspecified atom stereocenters. The maximum absolute atomic E-state index is 13.8. The van der Waals surface area contributed by atoms with Gasteiger partial charge in [-0.15, -0.1) is 0 Å². The van der Waals surface area contributed by atoms with Crippen LogP contribution >= 0.6 is 0 Å². The van der Waals surface area contributed by atoms with Gasteiger partial charge in [0.15, 0.2) is 0 Å². The van der Waals surface area contributed by atoms with Gasteiger partial charge in [0.25, 0.3) is 0 Å². The highest BCUT2D eigenvalue weighted by Crippen LogP contribution is 2.40. The van der Waals surface area contributed by atoms with Crippen LogP contribution in [0.4, 0.5) is 13.2 Å². The minimum absolute atomic E-state index is 0.0320. The van der Waals surface area contributed by atoms with Crippen LogP contribution in [0.1, 0.15) is 35.2 Å². The number of alkyl halides is 3. The van der Waals surface area contributed by atoms with E-state index in [-0.39, 0.29) is 17.4 Å². The van der Waals surface area contributed by atoms with Gasteiger partial charge in [-0.2, -0.15) is 18.3 Å². The molecule has 3 aromatic rings. The molecule has 0 radical (unpaired) electrons. The molecule has 150 valence electrons. The van der Waals surface area contributed by atoms with Gasteiger partial charge >= 0.3 is 6.18 Å². The Kier molecular flexibility index (Phi) is 4.68. The van der Waals surface area contributed by atoms with Crippen LogP contribution in [-0.4, -0.2) is 17.1 Å². The third kappa shape index (κ3) is 4.18. The van der Waals surface area contributed by atoms with E-state index < -0.39 is 11.7 Å². The van der Waals surface area contributed by atoms with Crippen molar-refractivity contribution in [3.05, 3.63) is 58.8 Å². The summed E-state index contributed by atoms with van der Waals surface area (Å²) in [6.45, 7) is 3.73. The lowest BCUT2D eigenvalue weighted by molar-refractivity contribution is -0.137. The summed E-state index contributed by atoms with van der Waals surface area (Å²) in [6.07, 6.45) is -1.33. The molecule has 1 saturated carbocycles. The smallest absolute Gasteiger partial charge is 0.354 e. The number of amides is 1. The third-order valence-electron chi connectivity index (χ3n) is 4.94. The van der Waals surface area contributed by atoms with E-state index in [1.807, 2.05) is 19.9 Å². The van der Waals surface area contributed by atoms with Crippen LogP contribution in [0.5, 0.6) is 0 Å². The molecule has 0 atom stereocenters. The average molecular weight is 399 g/mol. The number of hydrogen-bond acceptors (Lipinski definition) is 2. The summed E-state index contributed by atoms with van der Waals surface area (Å²) in [5.74, 6) is -0.0987. The summed E-state index contributed by atoms with van der Waals surface area (Å²) in [6, 6.07) is 9.69. The predicted molar refractivity (Wildman–Crippen MR) is 107 cm³/mol. The Morgan fingerprint density at radius 3 is 2.41 bits per heavy atom. The molecule has 1 amide bonds. The molecule has 29 heavy (non-hydrogen) atoms. The number of aromatic nitrogens is 1. The maximum atomic E-state index is 13.8. The highest BCUT2D eigenvalue weighted by Gasteiger charge is 2.34. The summed E-state index contributed by atoms with van der Waals surface area (Å²) in [4.78, 5) is 14.7. The zero-order valence-electron chi connectivity index (χ0n) is 16.0. The van der Waals surface area contributed by atoms with Crippen LogP contribution in [-0.2, 0) is 11.0 Å². The maximum Gasteiger partial charge on any atom is 0.417 e. The summed E-state index contributed by atoms with van der Waals surface area (Å²) < 4.78 is 41.3. The van der Waals surface area contributed by atoms with Crippen LogP contribution in [0.3, 0.4) is 0 Å². The fourth-order valence-corrected chi connectivity index (χ4v) is 3.48. The lowest BCUT2D eigenvalue weighted by Gasteiger charge is -2.14. The Labute approximate surface area is 165 Å². The minimum Gasteiger partial charge on any atom is -0.354 e. The van der Waals surface area contributed by atoms with Crippen LogP contribution in [0.15, 0.2) is 41.5 Å². The van der Waals surface area contributed by atoms with Gasteiger partial charge in [0.05, 0.1) is 17.5 Å². The molecule has 2 aromatic carbocycles. The number of halogens is 3. The highest BCUT2D eigenvalue weighted by molar-refractivity contribution is 5.93. The normalized spacial score (nSPS) is 14.7. The van der Waals surface area contributed by atoms with Crippen molar-refractivity contribution in [3.8, 4) is 11.1 Å². The molecule has 1 heterocycles. The monoisotopic (exact) mass is 399 g/mol. The zero-order valence-corrected chi connectivity index (χ0v) is 16.0. The number of H-pyrrole nitrogens is 1. The Balaban J connectivity index is 1.74. The van der Waals surface area contributed by atoms with E-state index in [9.17, 15) is 18.0 Å². The first-order valence-corrected chi connectivity index (χ1v) is 9.36. The topological polar surface area (TPSA) is 57.2 Å². The van der Waals surface area contributed by atoms with Gasteiger partial charge in [0.1, 0.15) is 0 Å². The molecule has 2 N–H and O–H groups in total. The van der Waals surface area contributed by atoms with Crippen molar-refractivity contribution >= 4 is 23.0 Å². The average Bonchev–Trinajstić information content (AvgIpc) is 3.39. The first-order chi connectivity index (χ1) is 13.7. The first kappa shape index (κ1) is 19.2. The lowest BCUT2D eigenvalue weighted by Crippen LogP contribution is -2.18. The number of benzene rings is 2. The second-order valence-electron chi connectivity index (χ2n) is 7.59. The van der Waals surface area contributed by atoms with Crippen molar-refractivity contribution < 1.29 is 18.0 Å². The number of rotatable bonds is 4. The number of nitrogens with zero attached hydrogens (tertiary/aromatic N) is 1. The van der Waals surface area contributed by atoms with Crippen LogP contribution in [0.2, 0.25) is 0 Å². The number of fused-ring (bicyclic) bond motifs is 1. The fourth-order valence-electron chi connectivity index (χ4n) is 3.48. The van der Waals surface area contributed by atoms with Crippen molar-refractivity contribution in [2.75, 3.05) is 0 Å². The molecule has 0 spiro atoms. The third-order valence-corrected chi connectivity index (χ3v) is 4.94. The molecule has 0 aliphatic heterocycles. The molecule has 0 saturated heterocycles. The van der Waals surface area contributed by atoms with E-state index in [4.69, 9.17) is 0 Å². The number of nitrogens with one attached hydrogen (secondary N) is 2. The Morgan fingerprint density at radius 2 is 1.79 bits per heavy atom. The molecule has 4 rings (SSSR count). The molecular weight excluding hydrogens is 379 g/mol. The highest BCUT2D eigenvalue weighted by atomic mass is 19.4. The molecule has 1 aliphatic rings. The molecule has 1 fully saturated rings. The minimum atomic E-state index is -4.48. The summed E-state index contributed by atoms with van der Waals surface area (Å²) >= 11 is 0. The number of hydrazone groups is 1. The summed E-state index contributed by atoms with van der Waals surface area (Å²) in [5, 5.41) is 4.33. The van der Waals surface area contributed by atoms with E-state index in [0.717, 1.165) is 30.0 Å². The number of carbonyl (C=O) groups is 1. The molecule has 7 heteroatoms. The van der Waals surface area contributed by atoms with Crippen molar-refractivity contribution in [2.24, 2.45) is 11.0 Å². The predicted octanol–water partition coefficient (Wildman–Crippen LogP) is 5.33. The standard InChI is InChI=1S/C22H20F3N3O/c1-12-5-13(2)7-15(6-12)18-10-20-16(9-19(18)22(23,24)25)8-17(27-20)11-26-28-21(29)14-3-4-14/h5-11,14,27H,3-4H2,1-2H3,(H,28,29). The largest absolute Gasteiger partial charge is 0.417 e. The van der Waals surface area contributed by atoms with Crippen LogP contribution in [0.25, 0.3) is 22.0 Å². The van der Waals surface area contributed by atoms with E-state index in [1.54, 1.807) is 18.2 Å². The number of hydrogen-bond donors (Lipinski definition) is 2. The Hall–Kier alpha value is -3.09. The quantitative estimate of drug-likeness (QED) is 0.452. The van der Waals surface area contributed by atoms with E-state index in [1.165, 1.54) is 12.3 Å². The molecule has 4 nitrogen and oxygen atoms in total. The van der Waals surface area contributed by atoms with Gasteiger partial charge in [-0.05, 0) is 56.0 Å². The van der Waals surface area contributed by atoms with Crippen molar-refractivity contribution in [2.45, 2.75) is 32.9 Å². The fraction of sp³-hybridized carbons (Fsp3) is 0.273. The number of aryl methyl sites for hydroxylation is 2. The Bertz CT molecular complexity index is 1100. The van der Waals surface area contributed by atoms with Gasteiger partial charge in [-0.25, -0.2) is 5.43 Å². The lowest BCUT2D eigenvalue weighted by atomic mass is 9.95. The van der Waals surface area contributed by atoms with Gasteiger partial charge in [0, 0.05) is 16.8 Å². The van der Waals surface area contributed by atoms with Gasteiger partial charge in [0.2, 0.25) is 5.91 Å². The molecule has 0 bridgehead atoms. The van der Waals surface area contributed by atoms with E-state index in [0.29, 0.717) is 22.2 Å². The van der Waals surface area contributed by atoms with E-state index >= 15 is 0 Å². The van der Waals surface area contributed by atoms with Crippen molar-refractivity contribution in [1.29, 1.82) is 0 Å². The second-order valence-corrected chi connectivity index (χ2v) is 7.59. The number of carbonyl (C=O) groups excluding carboxylic acids is 1. The molecule has 1 aromatic heterocycles. The van der Waals surface area contributed by atoms with Gasteiger partial charge in [-0.3, -0.25) is 4.79 Å². The van der Waals surface area contributed by atoms with Gasteiger partial charge in [-0.1, -0.05) is 29.3 Å². The SMILES string of the molecule is Cc1cc(C)cc(-c2cc3[nH]c(C=NNC(=O)C4CC4)cc3cc2C(F)(F)F)c1. The van der Waals surface area contributed by atoms with Crippen LogP contribution in [0, 0.1) is 19.8 Å². The summed E-state index contributed by atoms with van der Waals surface area (Å²) in [5.41, 5.74) is 5.32. The van der Waals surface area contributed by atoms with Crippen molar-refractivity contribution in [1.82, 2.24) is 10.4 Å². The van der Waals surface area contributed by atoms with Crippen molar-refractivity contribution in [3.63, 3.8) is 0 Å². The zero-order chi connectivity index (χ0) is 20.8. The van der Waals surface area contributed by atoms with E-state index in [2.05, 4.69) is 15.5 Å². The summed E-state index contributed by atoms with van der Waals surface area (Å²) in [7, 11) is 0.